The van der Waals surface area contributed by atoms with Crippen LogP contribution in [0.1, 0.15) is 26.2 Å². The first-order chi connectivity index (χ1) is 6.52. The van der Waals surface area contributed by atoms with Crippen LogP contribution in [-0.2, 0) is 10.0 Å². The molecular weight excluding hydrogens is 209 g/mol. The quantitative estimate of drug-likeness (QED) is 0.632. The molecule has 0 aliphatic heterocycles. The standard InChI is InChI=1S/C8H18FNO3S/c1-8(4-2-6-11)10-14(12,13)7-3-5-9/h8,10-11H,2-7H2,1H3. The predicted molar refractivity (Wildman–Crippen MR) is 53.3 cm³/mol. The number of sulfonamides is 1. The van der Waals surface area contributed by atoms with Crippen molar-refractivity contribution in [1.82, 2.24) is 4.72 Å². The van der Waals surface area contributed by atoms with Crippen molar-refractivity contribution in [2.24, 2.45) is 0 Å². The third-order valence-corrected chi connectivity index (χ3v) is 3.31. The average Bonchev–Trinajstić information content (AvgIpc) is 2.11. The van der Waals surface area contributed by atoms with E-state index in [9.17, 15) is 12.8 Å². The van der Waals surface area contributed by atoms with Crippen LogP contribution in [0.25, 0.3) is 0 Å². The minimum Gasteiger partial charge on any atom is -0.396 e. The Kier molecular flexibility index (Phi) is 7.04. The molecule has 4 nitrogen and oxygen atoms in total. The fourth-order valence-electron chi connectivity index (χ4n) is 1.07. The van der Waals surface area contributed by atoms with Gasteiger partial charge in [-0.1, -0.05) is 0 Å². The highest BCUT2D eigenvalue weighted by Crippen LogP contribution is 1.99. The second kappa shape index (κ2) is 7.14. The molecule has 0 aromatic heterocycles. The molecule has 0 spiro atoms. The summed E-state index contributed by atoms with van der Waals surface area (Å²) in [6.07, 6.45) is 1.18. The first-order valence-corrected chi connectivity index (χ1v) is 6.34. The van der Waals surface area contributed by atoms with Crippen LogP contribution in [0.2, 0.25) is 0 Å². The third-order valence-electron chi connectivity index (χ3n) is 1.72. The molecular formula is C8H18FNO3S. The Balaban J connectivity index is 3.83. The Morgan fingerprint density at radius 2 is 2.07 bits per heavy atom. The predicted octanol–water partition coefficient (Wildman–Crippen LogP) is 0.426. The molecule has 1 atom stereocenters. The van der Waals surface area contributed by atoms with Crippen LogP contribution < -0.4 is 4.72 Å². The van der Waals surface area contributed by atoms with Gasteiger partial charge in [0.15, 0.2) is 0 Å². The van der Waals surface area contributed by atoms with Crippen molar-refractivity contribution < 1.29 is 17.9 Å². The van der Waals surface area contributed by atoms with E-state index in [-0.39, 0.29) is 24.8 Å². The van der Waals surface area contributed by atoms with E-state index in [4.69, 9.17) is 5.11 Å². The summed E-state index contributed by atoms with van der Waals surface area (Å²) in [5, 5.41) is 8.53. The van der Waals surface area contributed by atoms with E-state index in [1.165, 1.54) is 0 Å². The van der Waals surface area contributed by atoms with Crippen molar-refractivity contribution in [3.63, 3.8) is 0 Å². The summed E-state index contributed by atoms with van der Waals surface area (Å²) in [7, 11) is -3.35. The highest BCUT2D eigenvalue weighted by Gasteiger charge is 2.13. The number of aliphatic hydroxyl groups excluding tert-OH is 1. The summed E-state index contributed by atoms with van der Waals surface area (Å²) < 4.78 is 36.6. The van der Waals surface area contributed by atoms with Crippen LogP contribution in [0.4, 0.5) is 4.39 Å². The molecule has 0 bridgehead atoms. The summed E-state index contributed by atoms with van der Waals surface area (Å²) >= 11 is 0. The summed E-state index contributed by atoms with van der Waals surface area (Å²) in [6, 6.07) is -0.202. The smallest absolute Gasteiger partial charge is 0.211 e. The number of alkyl halides is 1. The van der Waals surface area contributed by atoms with Gasteiger partial charge in [0.2, 0.25) is 10.0 Å². The fourth-order valence-corrected chi connectivity index (χ4v) is 2.40. The van der Waals surface area contributed by atoms with Gasteiger partial charge in [-0.25, -0.2) is 13.1 Å². The Labute approximate surface area is 84.6 Å². The second-order valence-corrected chi connectivity index (χ2v) is 5.12. The highest BCUT2D eigenvalue weighted by atomic mass is 32.2. The van der Waals surface area contributed by atoms with Crippen LogP contribution in [0.15, 0.2) is 0 Å². The zero-order valence-electron chi connectivity index (χ0n) is 8.37. The van der Waals surface area contributed by atoms with Crippen molar-refractivity contribution in [2.45, 2.75) is 32.2 Å². The Morgan fingerprint density at radius 3 is 2.57 bits per heavy atom. The van der Waals surface area contributed by atoms with Gasteiger partial charge in [0.05, 0.1) is 12.4 Å². The number of hydrogen-bond acceptors (Lipinski definition) is 3. The van der Waals surface area contributed by atoms with E-state index in [0.717, 1.165) is 0 Å². The Bertz CT molecular complexity index is 231. The van der Waals surface area contributed by atoms with Gasteiger partial charge >= 0.3 is 0 Å². The Hall–Kier alpha value is -0.200. The molecule has 0 rings (SSSR count). The van der Waals surface area contributed by atoms with Gasteiger partial charge in [0.25, 0.3) is 0 Å². The van der Waals surface area contributed by atoms with Crippen molar-refractivity contribution >= 4 is 10.0 Å². The topological polar surface area (TPSA) is 66.4 Å². The van der Waals surface area contributed by atoms with E-state index in [1.54, 1.807) is 6.92 Å². The molecule has 2 N–H and O–H groups in total. The van der Waals surface area contributed by atoms with E-state index in [2.05, 4.69) is 4.72 Å². The molecule has 0 aromatic rings. The lowest BCUT2D eigenvalue weighted by Crippen LogP contribution is -2.34. The molecule has 0 saturated heterocycles. The van der Waals surface area contributed by atoms with E-state index in [1.807, 2.05) is 0 Å². The maximum absolute atomic E-state index is 11.7. The maximum atomic E-state index is 11.7. The van der Waals surface area contributed by atoms with Crippen molar-refractivity contribution in [3.05, 3.63) is 0 Å². The molecule has 0 fully saturated rings. The Morgan fingerprint density at radius 1 is 1.43 bits per heavy atom. The lowest BCUT2D eigenvalue weighted by molar-refractivity contribution is 0.279. The molecule has 14 heavy (non-hydrogen) atoms. The van der Waals surface area contributed by atoms with Gasteiger partial charge in [-0.15, -0.1) is 0 Å². The minimum absolute atomic E-state index is 0.0298. The summed E-state index contributed by atoms with van der Waals surface area (Å²) in [6.45, 7) is 1.16. The van der Waals surface area contributed by atoms with Crippen LogP contribution in [0.3, 0.4) is 0 Å². The van der Waals surface area contributed by atoms with Crippen molar-refractivity contribution in [1.29, 1.82) is 0 Å². The van der Waals surface area contributed by atoms with Gasteiger partial charge in [0, 0.05) is 12.6 Å². The summed E-state index contributed by atoms with van der Waals surface area (Å²) in [5.41, 5.74) is 0. The van der Waals surface area contributed by atoms with Gasteiger partial charge in [-0.05, 0) is 26.2 Å². The number of nitrogens with one attached hydrogen (secondary N) is 1. The second-order valence-electron chi connectivity index (χ2n) is 3.25. The van der Waals surface area contributed by atoms with E-state index < -0.39 is 16.7 Å². The lowest BCUT2D eigenvalue weighted by Gasteiger charge is -2.12. The minimum atomic E-state index is -3.35. The van der Waals surface area contributed by atoms with Gasteiger partial charge in [-0.3, -0.25) is 4.39 Å². The number of rotatable bonds is 8. The number of halogens is 1. The molecule has 0 aliphatic rings. The average molecular weight is 227 g/mol. The van der Waals surface area contributed by atoms with E-state index >= 15 is 0 Å². The molecule has 86 valence electrons. The summed E-state index contributed by atoms with van der Waals surface area (Å²) in [4.78, 5) is 0. The lowest BCUT2D eigenvalue weighted by atomic mass is 10.2. The molecule has 6 heteroatoms. The van der Waals surface area contributed by atoms with Crippen LogP contribution >= 0.6 is 0 Å². The van der Waals surface area contributed by atoms with E-state index in [0.29, 0.717) is 12.8 Å². The van der Waals surface area contributed by atoms with Gasteiger partial charge in [-0.2, -0.15) is 0 Å². The van der Waals surface area contributed by atoms with Gasteiger partial charge < -0.3 is 5.11 Å². The van der Waals surface area contributed by atoms with Crippen LogP contribution in [-0.4, -0.2) is 38.6 Å². The number of aliphatic hydroxyl groups is 1. The first kappa shape index (κ1) is 13.8. The SMILES string of the molecule is CC(CCCO)NS(=O)(=O)CCCF. The summed E-state index contributed by atoms with van der Waals surface area (Å²) in [5.74, 6) is -0.174. The monoisotopic (exact) mass is 227 g/mol. The maximum Gasteiger partial charge on any atom is 0.211 e. The zero-order valence-corrected chi connectivity index (χ0v) is 9.19. The third kappa shape index (κ3) is 7.23. The highest BCUT2D eigenvalue weighted by molar-refractivity contribution is 7.89. The van der Waals surface area contributed by atoms with Crippen LogP contribution in [0.5, 0.6) is 0 Å². The number of hydrogen-bond donors (Lipinski definition) is 2. The molecule has 0 aliphatic carbocycles. The van der Waals surface area contributed by atoms with Crippen molar-refractivity contribution in [2.75, 3.05) is 19.0 Å². The molecule has 0 radical (unpaired) electrons. The molecule has 1 unspecified atom stereocenters. The molecule has 0 amide bonds. The molecule has 0 heterocycles. The molecule has 0 saturated carbocycles. The normalized spacial score (nSPS) is 14.2. The fraction of sp³-hybridized carbons (Fsp3) is 1.00. The van der Waals surface area contributed by atoms with Crippen molar-refractivity contribution in [3.8, 4) is 0 Å². The van der Waals surface area contributed by atoms with Gasteiger partial charge in [0.1, 0.15) is 0 Å². The van der Waals surface area contributed by atoms with Crippen LogP contribution in [0, 0.1) is 0 Å². The largest absolute Gasteiger partial charge is 0.396 e. The molecule has 0 aromatic carbocycles. The zero-order chi connectivity index (χ0) is 11.0. The first-order valence-electron chi connectivity index (χ1n) is 4.68.